The van der Waals surface area contributed by atoms with E-state index in [1.165, 1.54) is 0 Å². The van der Waals surface area contributed by atoms with Crippen LogP contribution in [0.25, 0.3) is 0 Å². The lowest BCUT2D eigenvalue weighted by Crippen LogP contribution is -2.52. The number of nitrogens with one attached hydrogen (secondary N) is 1. The van der Waals surface area contributed by atoms with E-state index in [0.29, 0.717) is 39.1 Å². The van der Waals surface area contributed by atoms with Crippen LogP contribution < -0.4 is 16.0 Å². The number of fused-ring (bicyclic) bond motifs is 3. The minimum absolute atomic E-state index is 0.00259. The number of benzene rings is 2. The number of hydrogen-bond acceptors (Lipinski definition) is 5. The van der Waals surface area contributed by atoms with Crippen LogP contribution in [0.1, 0.15) is 37.8 Å². The Kier molecular flexibility index (Phi) is 4.88. The highest BCUT2D eigenvalue weighted by Crippen LogP contribution is 2.57. The zero-order valence-corrected chi connectivity index (χ0v) is 20.4. The molecule has 0 fully saturated rings. The number of nitrogens with two attached hydrogens (primary N) is 1. The van der Waals surface area contributed by atoms with Gasteiger partial charge in [-0.25, -0.2) is 0 Å². The van der Waals surface area contributed by atoms with E-state index in [9.17, 15) is 14.9 Å². The molecule has 2 aromatic rings. The van der Waals surface area contributed by atoms with Gasteiger partial charge in [0.15, 0.2) is 5.78 Å². The molecule has 172 valence electrons. The van der Waals surface area contributed by atoms with Crippen molar-refractivity contribution in [3.05, 3.63) is 80.2 Å². The highest BCUT2D eigenvalue weighted by atomic mass is 35.5. The van der Waals surface area contributed by atoms with Gasteiger partial charge in [0.05, 0.1) is 11.3 Å². The molecule has 0 saturated heterocycles. The number of hydrogen-bond donors (Lipinski definition) is 2. The molecule has 1 spiro atoms. The SMILES string of the molecule is Cc1c(Cl)cccc1N1C(N)=C(C#N)C2(C(=O)Nc3ccc(Cl)cc32)C2=C1CC(C)(C)CC2=O. The molecule has 1 aliphatic carbocycles. The summed E-state index contributed by atoms with van der Waals surface area (Å²) in [5.74, 6) is -0.577. The third-order valence-corrected chi connectivity index (χ3v) is 7.58. The summed E-state index contributed by atoms with van der Waals surface area (Å²) in [4.78, 5) is 29.3. The van der Waals surface area contributed by atoms with Gasteiger partial charge in [-0.1, -0.05) is 43.1 Å². The topological polar surface area (TPSA) is 99.2 Å². The number of rotatable bonds is 1. The van der Waals surface area contributed by atoms with Gasteiger partial charge in [-0.15, -0.1) is 0 Å². The average molecular weight is 493 g/mol. The summed E-state index contributed by atoms with van der Waals surface area (Å²) < 4.78 is 0. The van der Waals surface area contributed by atoms with Crippen LogP contribution >= 0.6 is 23.2 Å². The van der Waals surface area contributed by atoms with Crippen LogP contribution in [0, 0.1) is 23.7 Å². The Hall–Kier alpha value is -3.27. The Labute approximate surface area is 207 Å². The molecule has 1 amide bonds. The molecule has 0 radical (unpaired) electrons. The number of carbonyl (C=O) groups excluding carboxylic acids is 2. The van der Waals surface area contributed by atoms with E-state index < -0.39 is 11.3 Å². The molecule has 34 heavy (non-hydrogen) atoms. The molecule has 3 aliphatic rings. The number of halogens is 2. The van der Waals surface area contributed by atoms with Crippen molar-refractivity contribution in [3.63, 3.8) is 0 Å². The summed E-state index contributed by atoms with van der Waals surface area (Å²) in [7, 11) is 0. The number of ketones is 1. The van der Waals surface area contributed by atoms with Crippen molar-refractivity contribution in [2.24, 2.45) is 11.1 Å². The predicted molar refractivity (Wildman–Crippen MR) is 132 cm³/mol. The standard InChI is InChI=1S/C26H22Cl2N4O2/c1-13-17(28)5-4-6-19(13)32-20-10-25(2,3)11-21(33)22(20)26(16(12-29)23(32)30)15-9-14(27)7-8-18(15)31-24(26)34/h4-9H,10-11,30H2,1-3H3,(H,31,34). The first kappa shape index (κ1) is 22.5. The minimum Gasteiger partial charge on any atom is -0.384 e. The largest absolute Gasteiger partial charge is 0.384 e. The fourth-order valence-corrected chi connectivity index (χ4v) is 5.85. The number of anilines is 2. The van der Waals surface area contributed by atoms with Gasteiger partial charge in [-0.05, 0) is 54.7 Å². The summed E-state index contributed by atoms with van der Waals surface area (Å²) in [6.45, 7) is 5.86. The molecule has 1 unspecified atom stereocenters. The van der Waals surface area contributed by atoms with Crippen molar-refractivity contribution in [2.75, 3.05) is 10.2 Å². The van der Waals surface area contributed by atoms with Crippen LogP contribution in [-0.2, 0) is 15.0 Å². The molecule has 2 heterocycles. The molecular formula is C26H22Cl2N4O2. The van der Waals surface area contributed by atoms with Crippen molar-refractivity contribution in [3.8, 4) is 6.07 Å². The molecule has 2 aliphatic heterocycles. The average Bonchev–Trinajstić information content (AvgIpc) is 3.02. The third kappa shape index (κ3) is 2.87. The number of nitriles is 1. The highest BCUT2D eigenvalue weighted by molar-refractivity contribution is 6.32. The molecular weight excluding hydrogens is 471 g/mol. The number of amides is 1. The first-order valence-electron chi connectivity index (χ1n) is 10.9. The molecule has 8 heteroatoms. The van der Waals surface area contributed by atoms with E-state index in [-0.39, 0.29) is 34.6 Å². The molecule has 0 bridgehead atoms. The Morgan fingerprint density at radius 1 is 1.15 bits per heavy atom. The van der Waals surface area contributed by atoms with E-state index in [2.05, 4.69) is 11.4 Å². The minimum atomic E-state index is -1.66. The zero-order valence-electron chi connectivity index (χ0n) is 18.9. The van der Waals surface area contributed by atoms with Crippen molar-refractivity contribution in [2.45, 2.75) is 39.0 Å². The molecule has 1 atom stereocenters. The monoisotopic (exact) mass is 492 g/mol. The Balaban J connectivity index is 1.93. The fraction of sp³-hybridized carbons (Fsp3) is 0.269. The van der Waals surface area contributed by atoms with Crippen molar-refractivity contribution in [1.29, 1.82) is 5.26 Å². The van der Waals surface area contributed by atoms with Gasteiger partial charge in [0, 0.05) is 39.0 Å². The van der Waals surface area contributed by atoms with Gasteiger partial charge in [-0.3, -0.25) is 14.5 Å². The third-order valence-electron chi connectivity index (χ3n) is 6.94. The van der Waals surface area contributed by atoms with Gasteiger partial charge in [0.25, 0.3) is 0 Å². The van der Waals surface area contributed by atoms with Gasteiger partial charge < -0.3 is 11.1 Å². The van der Waals surface area contributed by atoms with Crippen LogP contribution in [0.2, 0.25) is 10.0 Å². The summed E-state index contributed by atoms with van der Waals surface area (Å²) >= 11 is 12.8. The quantitative estimate of drug-likeness (QED) is 0.558. The smallest absolute Gasteiger partial charge is 0.245 e. The number of carbonyl (C=O) groups is 2. The first-order chi connectivity index (χ1) is 16.0. The van der Waals surface area contributed by atoms with Crippen molar-refractivity contribution in [1.82, 2.24) is 0 Å². The maximum atomic E-state index is 13.8. The fourth-order valence-electron chi connectivity index (χ4n) is 5.50. The Morgan fingerprint density at radius 3 is 2.59 bits per heavy atom. The van der Waals surface area contributed by atoms with Crippen molar-refractivity contribution < 1.29 is 9.59 Å². The van der Waals surface area contributed by atoms with E-state index in [1.807, 2.05) is 26.8 Å². The zero-order chi connectivity index (χ0) is 24.6. The van der Waals surface area contributed by atoms with E-state index in [1.54, 1.807) is 35.2 Å². The summed E-state index contributed by atoms with van der Waals surface area (Å²) in [6.07, 6.45) is 0.710. The molecule has 0 aromatic heterocycles. The summed E-state index contributed by atoms with van der Waals surface area (Å²) in [6, 6.07) is 12.6. The summed E-state index contributed by atoms with van der Waals surface area (Å²) in [5, 5.41) is 14.2. The molecule has 2 aromatic carbocycles. The number of allylic oxidation sites excluding steroid dienone is 1. The maximum absolute atomic E-state index is 13.8. The molecule has 0 saturated carbocycles. The van der Waals surface area contributed by atoms with Crippen LogP contribution in [0.15, 0.2) is 59.1 Å². The Morgan fingerprint density at radius 2 is 1.88 bits per heavy atom. The van der Waals surface area contributed by atoms with E-state index in [4.69, 9.17) is 28.9 Å². The highest BCUT2D eigenvalue weighted by Gasteiger charge is 2.61. The molecule has 5 rings (SSSR count). The van der Waals surface area contributed by atoms with Crippen molar-refractivity contribution >= 4 is 46.3 Å². The van der Waals surface area contributed by atoms with Gasteiger partial charge in [0.2, 0.25) is 5.91 Å². The number of Topliss-reactive ketones (excluding diaryl/α,β-unsaturated/α-hetero) is 1. The second-order valence-electron chi connectivity index (χ2n) is 9.75. The van der Waals surface area contributed by atoms with Gasteiger partial charge in [-0.2, -0.15) is 5.26 Å². The van der Waals surface area contributed by atoms with Crippen LogP contribution in [0.3, 0.4) is 0 Å². The van der Waals surface area contributed by atoms with Gasteiger partial charge in [0.1, 0.15) is 17.3 Å². The lowest BCUT2D eigenvalue weighted by molar-refractivity contribution is -0.123. The normalized spacial score (nSPS) is 23.1. The van der Waals surface area contributed by atoms with Crippen LogP contribution in [0.5, 0.6) is 0 Å². The Bertz CT molecular complexity index is 1420. The van der Waals surface area contributed by atoms with Crippen LogP contribution in [0.4, 0.5) is 11.4 Å². The van der Waals surface area contributed by atoms with Crippen LogP contribution in [-0.4, -0.2) is 11.7 Å². The number of nitrogens with zero attached hydrogens (tertiary/aromatic N) is 2. The molecule has 3 N–H and O–H groups in total. The lowest BCUT2D eigenvalue weighted by atomic mass is 9.60. The second-order valence-corrected chi connectivity index (χ2v) is 10.6. The first-order valence-corrected chi connectivity index (χ1v) is 11.6. The predicted octanol–water partition coefficient (Wildman–Crippen LogP) is 5.35. The maximum Gasteiger partial charge on any atom is 0.245 e. The molecule has 6 nitrogen and oxygen atoms in total. The summed E-state index contributed by atoms with van der Waals surface area (Å²) in [5.41, 5.74) is 7.94. The second kappa shape index (κ2) is 7.36. The van der Waals surface area contributed by atoms with E-state index in [0.717, 1.165) is 5.56 Å². The van der Waals surface area contributed by atoms with Gasteiger partial charge >= 0.3 is 0 Å². The lowest BCUT2D eigenvalue weighted by Gasteiger charge is -2.47. The van der Waals surface area contributed by atoms with E-state index >= 15 is 0 Å².